The van der Waals surface area contributed by atoms with Crippen LogP contribution in [-0.4, -0.2) is 27.5 Å². The monoisotopic (exact) mass is 313 g/mol. The van der Waals surface area contributed by atoms with Gasteiger partial charge in [-0.25, -0.2) is 0 Å². The van der Waals surface area contributed by atoms with Crippen LogP contribution in [0.1, 0.15) is 50.6 Å². The molecule has 4 nitrogen and oxygen atoms in total. The van der Waals surface area contributed by atoms with Gasteiger partial charge in [-0.2, -0.15) is 5.10 Å². The van der Waals surface area contributed by atoms with Crippen LogP contribution in [0.2, 0.25) is 0 Å². The summed E-state index contributed by atoms with van der Waals surface area (Å²) >= 11 is 0. The van der Waals surface area contributed by atoms with Crippen LogP contribution in [0, 0.1) is 0 Å². The summed E-state index contributed by atoms with van der Waals surface area (Å²) in [6, 6.07) is 11.4. The molecule has 1 aromatic heterocycles. The molecule has 1 unspecified atom stereocenters. The van der Waals surface area contributed by atoms with Crippen molar-refractivity contribution < 1.29 is 5.11 Å². The minimum atomic E-state index is 0.223. The maximum absolute atomic E-state index is 9.06. The summed E-state index contributed by atoms with van der Waals surface area (Å²) in [5.41, 5.74) is 3.73. The van der Waals surface area contributed by atoms with E-state index < -0.39 is 0 Å². The van der Waals surface area contributed by atoms with Crippen LogP contribution in [0.15, 0.2) is 36.5 Å². The Balaban J connectivity index is 1.86. The van der Waals surface area contributed by atoms with Crippen molar-refractivity contribution in [2.24, 2.45) is 0 Å². The summed E-state index contributed by atoms with van der Waals surface area (Å²) in [7, 11) is 0. The summed E-state index contributed by atoms with van der Waals surface area (Å²) in [6.07, 6.45) is 7.86. The fraction of sp³-hybridized carbons (Fsp3) is 0.526. The molecule has 0 bridgehead atoms. The number of aliphatic hydroxyl groups is 1. The predicted molar refractivity (Wildman–Crippen MR) is 93.2 cm³/mol. The summed E-state index contributed by atoms with van der Waals surface area (Å²) in [4.78, 5) is 0. The van der Waals surface area contributed by atoms with Gasteiger partial charge in [-0.05, 0) is 26.2 Å². The van der Waals surface area contributed by atoms with E-state index in [0.29, 0.717) is 12.1 Å². The number of benzene rings is 1. The van der Waals surface area contributed by atoms with Crippen molar-refractivity contribution in [2.75, 3.05) is 6.61 Å². The average Bonchev–Trinajstić information content (AvgIpc) is 3.23. The molecule has 0 radical (unpaired) electrons. The molecular formula is C19H27N3O. The van der Waals surface area contributed by atoms with Gasteiger partial charge in [0.1, 0.15) is 0 Å². The number of rotatable bonds is 7. The van der Waals surface area contributed by atoms with Crippen LogP contribution in [0.5, 0.6) is 0 Å². The van der Waals surface area contributed by atoms with Gasteiger partial charge in [-0.1, -0.05) is 43.2 Å². The van der Waals surface area contributed by atoms with Crippen LogP contribution >= 0.6 is 0 Å². The first kappa shape index (κ1) is 16.2. The lowest BCUT2D eigenvalue weighted by Gasteiger charge is -2.17. The van der Waals surface area contributed by atoms with Crippen molar-refractivity contribution >= 4 is 0 Å². The second-order valence-electron chi connectivity index (χ2n) is 6.56. The maximum atomic E-state index is 9.06. The molecule has 3 rings (SSSR count). The first-order valence-electron chi connectivity index (χ1n) is 8.75. The summed E-state index contributed by atoms with van der Waals surface area (Å²) < 4.78 is 2.25. The van der Waals surface area contributed by atoms with Crippen LogP contribution in [0.3, 0.4) is 0 Å². The minimum absolute atomic E-state index is 0.223. The van der Waals surface area contributed by atoms with Crippen LogP contribution in [0.25, 0.3) is 11.3 Å². The summed E-state index contributed by atoms with van der Waals surface area (Å²) in [5, 5.41) is 17.3. The molecule has 2 N–H and O–H groups in total. The van der Waals surface area contributed by atoms with Gasteiger partial charge >= 0.3 is 0 Å². The number of nitrogens with zero attached hydrogens (tertiary/aromatic N) is 2. The Morgan fingerprint density at radius 2 is 2.00 bits per heavy atom. The van der Waals surface area contributed by atoms with Gasteiger partial charge in [0, 0.05) is 30.3 Å². The van der Waals surface area contributed by atoms with Crippen LogP contribution < -0.4 is 5.32 Å². The topological polar surface area (TPSA) is 50.1 Å². The van der Waals surface area contributed by atoms with Gasteiger partial charge in [0.25, 0.3) is 0 Å². The highest BCUT2D eigenvalue weighted by atomic mass is 16.3. The number of aromatic nitrogens is 2. The lowest BCUT2D eigenvalue weighted by molar-refractivity contribution is 0.268. The first-order chi connectivity index (χ1) is 11.3. The van der Waals surface area contributed by atoms with E-state index in [0.717, 1.165) is 13.0 Å². The van der Waals surface area contributed by atoms with Crippen LogP contribution in [0.4, 0.5) is 0 Å². The highest BCUT2D eigenvalue weighted by Gasteiger charge is 2.23. The second kappa shape index (κ2) is 7.75. The lowest BCUT2D eigenvalue weighted by Crippen LogP contribution is -2.26. The van der Waals surface area contributed by atoms with E-state index in [4.69, 9.17) is 10.2 Å². The largest absolute Gasteiger partial charge is 0.396 e. The fourth-order valence-electron chi connectivity index (χ4n) is 3.45. The molecule has 0 saturated heterocycles. The molecule has 0 aliphatic heterocycles. The molecule has 0 spiro atoms. The fourth-order valence-corrected chi connectivity index (χ4v) is 3.45. The Labute approximate surface area is 138 Å². The van der Waals surface area contributed by atoms with E-state index in [-0.39, 0.29) is 6.61 Å². The molecule has 1 aliphatic carbocycles. The zero-order chi connectivity index (χ0) is 16.1. The molecule has 23 heavy (non-hydrogen) atoms. The predicted octanol–water partition coefficient (Wildman–Crippen LogP) is 3.53. The Kier molecular flexibility index (Phi) is 5.47. The van der Waals surface area contributed by atoms with Gasteiger partial charge in [0.05, 0.1) is 17.9 Å². The van der Waals surface area contributed by atoms with E-state index in [9.17, 15) is 0 Å². The van der Waals surface area contributed by atoms with E-state index in [1.807, 2.05) is 6.20 Å². The average molecular weight is 313 g/mol. The molecule has 1 atom stereocenters. The third-order valence-electron chi connectivity index (χ3n) is 4.79. The molecule has 1 aliphatic rings. The SMILES string of the molecule is CC(CCO)NCc1cnn(C2CCCC2)c1-c1ccccc1. The maximum Gasteiger partial charge on any atom is 0.0730 e. The van der Waals surface area contributed by atoms with Gasteiger partial charge in [0.2, 0.25) is 0 Å². The van der Waals surface area contributed by atoms with Crippen LogP contribution in [-0.2, 0) is 6.54 Å². The molecule has 1 saturated carbocycles. The molecule has 1 aromatic carbocycles. The third kappa shape index (κ3) is 3.82. The minimum Gasteiger partial charge on any atom is -0.396 e. The highest BCUT2D eigenvalue weighted by Crippen LogP contribution is 2.34. The highest BCUT2D eigenvalue weighted by molar-refractivity contribution is 5.63. The molecule has 1 fully saturated rings. The summed E-state index contributed by atoms with van der Waals surface area (Å²) in [5.74, 6) is 0. The molecule has 2 aromatic rings. The lowest BCUT2D eigenvalue weighted by atomic mass is 10.1. The van der Waals surface area contributed by atoms with E-state index in [2.05, 4.69) is 47.3 Å². The number of hydrogen-bond donors (Lipinski definition) is 2. The Morgan fingerprint density at radius 3 is 2.70 bits per heavy atom. The third-order valence-corrected chi connectivity index (χ3v) is 4.79. The van der Waals surface area contributed by atoms with Crippen molar-refractivity contribution in [3.8, 4) is 11.3 Å². The summed E-state index contributed by atoms with van der Waals surface area (Å²) in [6.45, 7) is 3.12. The molecular weight excluding hydrogens is 286 g/mol. The van der Waals surface area contributed by atoms with E-state index in [1.54, 1.807) is 0 Å². The molecule has 124 valence electrons. The molecule has 0 amide bonds. The van der Waals surface area contributed by atoms with Gasteiger partial charge in [-0.3, -0.25) is 4.68 Å². The molecule has 4 heteroatoms. The van der Waals surface area contributed by atoms with E-state index >= 15 is 0 Å². The number of aliphatic hydroxyl groups excluding tert-OH is 1. The van der Waals surface area contributed by atoms with Gasteiger partial charge in [0.15, 0.2) is 0 Å². The first-order valence-corrected chi connectivity index (χ1v) is 8.75. The van der Waals surface area contributed by atoms with Gasteiger partial charge in [-0.15, -0.1) is 0 Å². The smallest absolute Gasteiger partial charge is 0.0730 e. The van der Waals surface area contributed by atoms with Crippen molar-refractivity contribution in [2.45, 2.75) is 57.7 Å². The van der Waals surface area contributed by atoms with Crippen molar-refractivity contribution in [1.29, 1.82) is 0 Å². The van der Waals surface area contributed by atoms with Crippen molar-refractivity contribution in [3.63, 3.8) is 0 Å². The zero-order valence-corrected chi connectivity index (χ0v) is 13.9. The Bertz CT molecular complexity index is 602. The van der Waals surface area contributed by atoms with Gasteiger partial charge < -0.3 is 10.4 Å². The quantitative estimate of drug-likeness (QED) is 0.822. The number of hydrogen-bond acceptors (Lipinski definition) is 3. The second-order valence-corrected chi connectivity index (χ2v) is 6.56. The Morgan fingerprint density at radius 1 is 1.26 bits per heavy atom. The standard InChI is InChI=1S/C19H27N3O/c1-15(11-12-23)20-13-17-14-21-22(18-9-5-6-10-18)19(17)16-7-3-2-4-8-16/h2-4,7-8,14-15,18,20,23H,5-6,9-13H2,1H3. The number of nitrogens with one attached hydrogen (secondary N) is 1. The Hall–Kier alpha value is -1.65. The van der Waals surface area contributed by atoms with E-state index in [1.165, 1.54) is 42.5 Å². The molecule has 1 heterocycles. The zero-order valence-electron chi connectivity index (χ0n) is 13.9. The van der Waals surface area contributed by atoms with Crippen molar-refractivity contribution in [3.05, 3.63) is 42.1 Å². The van der Waals surface area contributed by atoms with Crippen molar-refractivity contribution in [1.82, 2.24) is 15.1 Å². The normalized spacial score (nSPS) is 16.8.